The predicted molar refractivity (Wildman–Crippen MR) is 80.2 cm³/mol. The van der Waals surface area contributed by atoms with Crippen LogP contribution in [0.2, 0.25) is 0 Å². The first-order valence-corrected chi connectivity index (χ1v) is 6.36. The van der Waals surface area contributed by atoms with Gasteiger partial charge in [0.2, 0.25) is 0 Å². The van der Waals surface area contributed by atoms with Gasteiger partial charge in [0.05, 0.1) is 0 Å². The van der Waals surface area contributed by atoms with E-state index in [9.17, 15) is 9.59 Å². The molecule has 0 saturated heterocycles. The average molecular weight is 260 g/mol. The molecular weight excluding hydrogens is 248 g/mol. The quantitative estimate of drug-likeness (QED) is 0.663. The first-order valence-electron chi connectivity index (χ1n) is 6.36. The van der Waals surface area contributed by atoms with E-state index in [2.05, 4.69) is 0 Å². The first-order chi connectivity index (χ1) is 9.85. The van der Waals surface area contributed by atoms with Gasteiger partial charge < -0.3 is 0 Å². The Hall–Kier alpha value is -2.74. The lowest BCUT2D eigenvalue weighted by atomic mass is 9.91. The lowest BCUT2D eigenvalue weighted by molar-refractivity contribution is 0.111. The summed E-state index contributed by atoms with van der Waals surface area (Å²) in [6.45, 7) is 0. The number of hydrogen-bond donors (Lipinski definition) is 0. The topological polar surface area (TPSA) is 34.1 Å². The standard InChI is InChI=1S/C18H12O2/c19-11-14-6-2-4-8-17(14)18-15(12-20)10-9-13-5-1-3-7-16(13)18/h1-12H. The summed E-state index contributed by atoms with van der Waals surface area (Å²) in [5.74, 6) is 0. The summed E-state index contributed by atoms with van der Waals surface area (Å²) in [6.07, 6.45) is 1.66. The van der Waals surface area contributed by atoms with Crippen molar-refractivity contribution in [3.05, 3.63) is 71.8 Å². The van der Waals surface area contributed by atoms with Crippen LogP contribution in [-0.4, -0.2) is 12.6 Å². The van der Waals surface area contributed by atoms with Gasteiger partial charge in [0.1, 0.15) is 0 Å². The van der Waals surface area contributed by atoms with Crippen LogP contribution in [0.4, 0.5) is 0 Å². The Kier molecular flexibility index (Phi) is 3.13. The van der Waals surface area contributed by atoms with Crippen molar-refractivity contribution in [1.82, 2.24) is 0 Å². The molecule has 0 fully saturated rings. The maximum absolute atomic E-state index is 11.4. The third-order valence-electron chi connectivity index (χ3n) is 3.45. The maximum atomic E-state index is 11.4. The normalized spacial score (nSPS) is 10.4. The van der Waals surface area contributed by atoms with Crippen molar-refractivity contribution in [2.24, 2.45) is 0 Å². The minimum absolute atomic E-state index is 0.590. The third-order valence-corrected chi connectivity index (χ3v) is 3.45. The van der Waals surface area contributed by atoms with Crippen molar-refractivity contribution < 1.29 is 9.59 Å². The number of carbonyl (C=O) groups excluding carboxylic acids is 2. The molecule has 0 heterocycles. The molecule has 0 bridgehead atoms. The Morgan fingerprint density at radius 1 is 0.650 bits per heavy atom. The molecule has 0 unspecified atom stereocenters. The van der Waals surface area contributed by atoms with E-state index >= 15 is 0 Å². The zero-order valence-electron chi connectivity index (χ0n) is 10.7. The highest BCUT2D eigenvalue weighted by molar-refractivity contribution is 6.07. The molecule has 3 aromatic carbocycles. The van der Waals surface area contributed by atoms with Gasteiger partial charge in [-0.3, -0.25) is 9.59 Å². The second-order valence-electron chi connectivity index (χ2n) is 4.57. The summed E-state index contributed by atoms with van der Waals surface area (Å²) in [5.41, 5.74) is 2.80. The summed E-state index contributed by atoms with van der Waals surface area (Å²) in [5, 5.41) is 2.03. The number of aldehydes is 2. The summed E-state index contributed by atoms with van der Waals surface area (Å²) in [7, 11) is 0. The van der Waals surface area contributed by atoms with Gasteiger partial charge in [0, 0.05) is 16.7 Å². The monoisotopic (exact) mass is 260 g/mol. The van der Waals surface area contributed by atoms with Gasteiger partial charge in [-0.05, 0) is 16.3 Å². The highest BCUT2D eigenvalue weighted by Crippen LogP contribution is 2.33. The molecule has 3 rings (SSSR count). The highest BCUT2D eigenvalue weighted by atomic mass is 16.1. The van der Waals surface area contributed by atoms with Crippen LogP contribution in [-0.2, 0) is 0 Å². The minimum atomic E-state index is 0.590. The van der Waals surface area contributed by atoms with Gasteiger partial charge in [-0.25, -0.2) is 0 Å². The van der Waals surface area contributed by atoms with Gasteiger partial charge >= 0.3 is 0 Å². The summed E-state index contributed by atoms with van der Waals surface area (Å²) in [6, 6.07) is 18.9. The van der Waals surface area contributed by atoms with Crippen molar-refractivity contribution in [3.63, 3.8) is 0 Å². The fourth-order valence-electron chi connectivity index (χ4n) is 2.51. The maximum Gasteiger partial charge on any atom is 0.150 e. The van der Waals surface area contributed by atoms with Gasteiger partial charge in [-0.1, -0.05) is 60.7 Å². The molecular formula is C18H12O2. The van der Waals surface area contributed by atoms with Gasteiger partial charge in [-0.15, -0.1) is 0 Å². The SMILES string of the molecule is O=Cc1ccccc1-c1c(C=O)ccc2ccccc12. The molecule has 0 N–H and O–H groups in total. The van der Waals surface area contributed by atoms with Crippen LogP contribution >= 0.6 is 0 Å². The smallest absolute Gasteiger partial charge is 0.150 e. The number of fused-ring (bicyclic) bond motifs is 1. The Labute approximate surface area is 116 Å². The van der Waals surface area contributed by atoms with Crippen molar-refractivity contribution in [1.29, 1.82) is 0 Å². The van der Waals surface area contributed by atoms with Gasteiger partial charge in [0.15, 0.2) is 12.6 Å². The van der Waals surface area contributed by atoms with Gasteiger partial charge in [-0.2, -0.15) is 0 Å². The molecule has 0 aliphatic carbocycles. The van der Waals surface area contributed by atoms with E-state index in [0.717, 1.165) is 34.5 Å². The molecule has 0 aromatic heterocycles. The van der Waals surface area contributed by atoms with E-state index in [4.69, 9.17) is 0 Å². The molecule has 0 atom stereocenters. The molecule has 0 aliphatic rings. The predicted octanol–water partition coefficient (Wildman–Crippen LogP) is 4.13. The van der Waals surface area contributed by atoms with Crippen molar-refractivity contribution in [2.45, 2.75) is 0 Å². The number of hydrogen-bond acceptors (Lipinski definition) is 2. The summed E-state index contributed by atoms with van der Waals surface area (Å²) in [4.78, 5) is 22.6. The molecule has 0 saturated carbocycles. The van der Waals surface area contributed by atoms with Crippen LogP contribution in [0.15, 0.2) is 60.7 Å². The second kappa shape index (κ2) is 5.10. The number of rotatable bonds is 3. The van der Waals surface area contributed by atoms with E-state index < -0.39 is 0 Å². The molecule has 0 radical (unpaired) electrons. The molecule has 0 amide bonds. The molecule has 20 heavy (non-hydrogen) atoms. The van der Waals surface area contributed by atoms with Crippen LogP contribution in [0.3, 0.4) is 0 Å². The molecule has 3 aromatic rings. The van der Waals surface area contributed by atoms with Crippen LogP contribution in [0.1, 0.15) is 20.7 Å². The Balaban J connectivity index is 2.45. The zero-order valence-corrected chi connectivity index (χ0v) is 10.7. The highest BCUT2D eigenvalue weighted by Gasteiger charge is 2.12. The second-order valence-corrected chi connectivity index (χ2v) is 4.57. The fourth-order valence-corrected chi connectivity index (χ4v) is 2.51. The van der Waals surface area contributed by atoms with E-state index in [-0.39, 0.29) is 0 Å². The zero-order chi connectivity index (χ0) is 13.9. The minimum Gasteiger partial charge on any atom is -0.298 e. The Morgan fingerprint density at radius 3 is 2.15 bits per heavy atom. The van der Waals surface area contributed by atoms with Gasteiger partial charge in [0.25, 0.3) is 0 Å². The van der Waals surface area contributed by atoms with E-state index in [1.54, 1.807) is 12.1 Å². The molecule has 0 aliphatic heterocycles. The summed E-state index contributed by atoms with van der Waals surface area (Å²) < 4.78 is 0. The largest absolute Gasteiger partial charge is 0.298 e. The van der Waals surface area contributed by atoms with E-state index in [1.807, 2.05) is 48.5 Å². The Morgan fingerprint density at radius 2 is 1.35 bits per heavy atom. The van der Waals surface area contributed by atoms with Crippen molar-refractivity contribution >= 4 is 23.3 Å². The summed E-state index contributed by atoms with van der Waals surface area (Å²) >= 11 is 0. The average Bonchev–Trinajstić information content (AvgIpc) is 2.53. The van der Waals surface area contributed by atoms with Crippen molar-refractivity contribution in [3.8, 4) is 11.1 Å². The fraction of sp³-hybridized carbons (Fsp3) is 0. The lowest BCUT2D eigenvalue weighted by Gasteiger charge is -2.11. The van der Waals surface area contributed by atoms with Crippen LogP contribution in [0.25, 0.3) is 21.9 Å². The number of carbonyl (C=O) groups is 2. The van der Waals surface area contributed by atoms with Crippen LogP contribution in [0.5, 0.6) is 0 Å². The lowest BCUT2D eigenvalue weighted by Crippen LogP contribution is -1.93. The van der Waals surface area contributed by atoms with E-state index in [0.29, 0.717) is 11.1 Å². The molecule has 2 nitrogen and oxygen atoms in total. The van der Waals surface area contributed by atoms with Crippen LogP contribution in [0, 0.1) is 0 Å². The molecule has 96 valence electrons. The van der Waals surface area contributed by atoms with E-state index in [1.165, 1.54) is 0 Å². The van der Waals surface area contributed by atoms with Crippen LogP contribution < -0.4 is 0 Å². The molecule has 0 spiro atoms. The third kappa shape index (κ3) is 1.91. The van der Waals surface area contributed by atoms with Crippen molar-refractivity contribution in [2.75, 3.05) is 0 Å². The Bertz CT molecular complexity index is 803. The number of benzene rings is 3. The molecule has 2 heteroatoms. The first kappa shape index (κ1) is 12.3.